The summed E-state index contributed by atoms with van der Waals surface area (Å²) >= 11 is 15.5. The van der Waals surface area contributed by atoms with Gasteiger partial charge in [-0.25, -0.2) is 4.39 Å². The standard InChI is InChI=1S/C26H21Cl2FN2O5S/c1-30-23(35)25(27)10-16-14(20(26(25,28)24(30)36)12-4-7-18(32)17(29)9-12)5-6-15-19(16)22(34)31(21(15)33)11-13-3-2-8-37-13/h2-5,7-9,15-16,19-20,32H,6,10-11H2,1H3/t15-,16+,19-,20-,25+,26-/m0/s1. The van der Waals surface area contributed by atoms with Crippen molar-refractivity contribution in [3.63, 3.8) is 0 Å². The molecule has 0 bridgehead atoms. The summed E-state index contributed by atoms with van der Waals surface area (Å²) < 4.78 is 14.5. The number of fused-ring (bicyclic) bond motifs is 4. The van der Waals surface area contributed by atoms with Crippen LogP contribution in [0.15, 0.2) is 47.4 Å². The van der Waals surface area contributed by atoms with Gasteiger partial charge in [-0.1, -0.05) is 23.8 Å². The predicted molar refractivity (Wildman–Crippen MR) is 133 cm³/mol. The molecule has 6 atom stereocenters. The van der Waals surface area contributed by atoms with E-state index in [2.05, 4.69) is 0 Å². The van der Waals surface area contributed by atoms with E-state index in [4.69, 9.17) is 23.2 Å². The van der Waals surface area contributed by atoms with Gasteiger partial charge in [-0.2, -0.15) is 0 Å². The van der Waals surface area contributed by atoms with Crippen molar-refractivity contribution in [2.24, 2.45) is 17.8 Å². The number of hydrogen-bond acceptors (Lipinski definition) is 6. The SMILES string of the molecule is CN1C(=O)[C@]2(Cl)C[C@@H]3C(=CC[C@@H]4C(=O)N(Cc5cccs5)C(=O)[C@@H]43)[C@H](c3ccc(O)c(F)c3)[C@]2(Cl)C1=O. The number of aromatic hydroxyl groups is 1. The van der Waals surface area contributed by atoms with Crippen molar-refractivity contribution in [2.45, 2.75) is 35.1 Å². The molecule has 2 aromatic rings. The van der Waals surface area contributed by atoms with E-state index in [1.54, 1.807) is 6.08 Å². The van der Waals surface area contributed by atoms with Crippen molar-refractivity contribution in [3.05, 3.63) is 63.6 Å². The highest BCUT2D eigenvalue weighted by atomic mass is 35.5. The Balaban J connectivity index is 1.49. The van der Waals surface area contributed by atoms with Gasteiger partial charge in [0.15, 0.2) is 21.3 Å². The van der Waals surface area contributed by atoms with Crippen LogP contribution in [-0.2, 0) is 25.7 Å². The molecule has 6 rings (SSSR count). The fourth-order valence-corrected chi connectivity index (χ4v) is 8.31. The maximum Gasteiger partial charge on any atom is 0.253 e. The number of amides is 4. The first-order valence-electron chi connectivity index (χ1n) is 11.8. The van der Waals surface area contributed by atoms with Crippen LogP contribution in [0.2, 0.25) is 0 Å². The minimum absolute atomic E-state index is 0.122. The Morgan fingerprint density at radius 1 is 1.11 bits per heavy atom. The Morgan fingerprint density at radius 2 is 1.86 bits per heavy atom. The third-order valence-electron chi connectivity index (χ3n) is 8.30. The van der Waals surface area contributed by atoms with E-state index in [1.165, 1.54) is 29.4 Å². The Kier molecular flexibility index (Phi) is 5.40. The van der Waals surface area contributed by atoms with Gasteiger partial charge in [0.05, 0.1) is 18.4 Å². The number of hydrogen-bond donors (Lipinski definition) is 1. The van der Waals surface area contributed by atoms with Gasteiger partial charge in [-0.3, -0.25) is 29.0 Å². The van der Waals surface area contributed by atoms with Crippen LogP contribution in [-0.4, -0.2) is 55.3 Å². The van der Waals surface area contributed by atoms with Crippen LogP contribution in [0.3, 0.4) is 0 Å². The number of likely N-dealkylation sites (tertiary alicyclic amines) is 2. The molecule has 2 saturated heterocycles. The van der Waals surface area contributed by atoms with Gasteiger partial charge in [-0.15, -0.1) is 34.5 Å². The zero-order chi connectivity index (χ0) is 26.4. The second-order valence-corrected chi connectivity index (χ2v) is 12.3. The Hall–Kier alpha value is -2.75. The number of phenolic OH excluding ortho intramolecular Hbond substituents is 1. The van der Waals surface area contributed by atoms with E-state index in [-0.39, 0.29) is 36.8 Å². The summed E-state index contributed by atoms with van der Waals surface area (Å²) in [6.07, 6.45) is 1.90. The minimum Gasteiger partial charge on any atom is -0.505 e. The van der Waals surface area contributed by atoms with E-state index in [0.717, 1.165) is 21.9 Å². The van der Waals surface area contributed by atoms with Crippen LogP contribution in [0.25, 0.3) is 0 Å². The lowest BCUT2D eigenvalue weighted by Crippen LogP contribution is -2.60. The van der Waals surface area contributed by atoms with E-state index in [9.17, 15) is 28.7 Å². The predicted octanol–water partition coefficient (Wildman–Crippen LogP) is 3.78. The molecule has 1 saturated carbocycles. The molecule has 0 spiro atoms. The zero-order valence-corrected chi connectivity index (χ0v) is 21.8. The minimum atomic E-state index is -1.98. The van der Waals surface area contributed by atoms with Gasteiger partial charge in [0.2, 0.25) is 11.8 Å². The van der Waals surface area contributed by atoms with Gasteiger partial charge < -0.3 is 5.11 Å². The fourth-order valence-electron chi connectivity index (χ4n) is 6.60. The average molecular weight is 563 g/mol. The van der Waals surface area contributed by atoms with Crippen molar-refractivity contribution in [1.29, 1.82) is 0 Å². The molecule has 0 unspecified atom stereocenters. The van der Waals surface area contributed by atoms with Gasteiger partial charge >= 0.3 is 0 Å². The topological polar surface area (TPSA) is 95.0 Å². The first-order chi connectivity index (χ1) is 17.5. The molecule has 37 heavy (non-hydrogen) atoms. The molecule has 3 heterocycles. The van der Waals surface area contributed by atoms with Crippen molar-refractivity contribution >= 4 is 58.2 Å². The molecule has 11 heteroatoms. The normalized spacial score (nSPS) is 35.0. The van der Waals surface area contributed by atoms with Crippen molar-refractivity contribution in [2.75, 3.05) is 7.05 Å². The maximum absolute atomic E-state index is 14.5. The lowest BCUT2D eigenvalue weighted by molar-refractivity contribution is -0.141. The molecule has 1 N–H and O–H groups in total. The Morgan fingerprint density at radius 3 is 2.54 bits per heavy atom. The van der Waals surface area contributed by atoms with Crippen LogP contribution in [0, 0.1) is 23.6 Å². The number of halogens is 3. The summed E-state index contributed by atoms with van der Waals surface area (Å²) in [7, 11) is 1.29. The summed E-state index contributed by atoms with van der Waals surface area (Å²) in [5, 5.41) is 11.6. The number of rotatable bonds is 3. The zero-order valence-electron chi connectivity index (χ0n) is 19.5. The number of phenols is 1. The van der Waals surface area contributed by atoms with Crippen LogP contribution < -0.4 is 0 Å². The Labute approximate surface area is 225 Å². The van der Waals surface area contributed by atoms with Crippen LogP contribution in [0.5, 0.6) is 5.75 Å². The maximum atomic E-state index is 14.5. The molecule has 0 radical (unpaired) electrons. The van der Waals surface area contributed by atoms with Gasteiger partial charge in [0, 0.05) is 17.8 Å². The van der Waals surface area contributed by atoms with Crippen molar-refractivity contribution in [1.82, 2.24) is 9.80 Å². The summed E-state index contributed by atoms with van der Waals surface area (Å²) in [4.78, 5) is 52.9. The lowest BCUT2D eigenvalue weighted by atomic mass is 9.56. The number of carbonyl (C=O) groups is 4. The van der Waals surface area contributed by atoms with Gasteiger partial charge in [-0.05, 0) is 47.9 Å². The summed E-state index contributed by atoms with van der Waals surface area (Å²) in [5.74, 6) is -6.72. The number of allylic oxidation sites excluding steroid dienone is 2. The largest absolute Gasteiger partial charge is 0.505 e. The van der Waals surface area contributed by atoms with Crippen LogP contribution >= 0.6 is 34.5 Å². The smallest absolute Gasteiger partial charge is 0.253 e. The number of benzene rings is 1. The summed E-state index contributed by atoms with van der Waals surface area (Å²) in [6, 6.07) is 7.34. The van der Waals surface area contributed by atoms with Gasteiger partial charge in [0.1, 0.15) is 0 Å². The van der Waals surface area contributed by atoms with E-state index < -0.39 is 56.8 Å². The third-order valence-corrected chi connectivity index (χ3v) is 10.6. The molecule has 4 amide bonds. The van der Waals surface area contributed by atoms with Crippen molar-refractivity contribution in [3.8, 4) is 5.75 Å². The molecule has 192 valence electrons. The molecule has 7 nitrogen and oxygen atoms in total. The quantitative estimate of drug-likeness (QED) is 0.349. The highest BCUT2D eigenvalue weighted by molar-refractivity contribution is 7.09. The summed E-state index contributed by atoms with van der Waals surface area (Å²) in [6.45, 7) is 0.155. The third kappa shape index (κ3) is 3.11. The first-order valence-corrected chi connectivity index (χ1v) is 13.4. The first kappa shape index (κ1) is 24.6. The highest BCUT2D eigenvalue weighted by Crippen LogP contribution is 2.65. The number of alkyl halides is 2. The summed E-state index contributed by atoms with van der Waals surface area (Å²) in [5.41, 5.74) is 0.821. The fraction of sp³-hybridized carbons (Fsp3) is 0.385. The van der Waals surface area contributed by atoms with Crippen molar-refractivity contribution < 1.29 is 28.7 Å². The molecular formula is C26H21Cl2FN2O5S. The number of nitrogens with zero attached hydrogens (tertiary/aromatic N) is 2. The molecule has 1 aromatic heterocycles. The number of carbonyl (C=O) groups excluding carboxylic acids is 4. The van der Waals surface area contributed by atoms with Crippen LogP contribution in [0.1, 0.15) is 29.2 Å². The van der Waals surface area contributed by atoms with Gasteiger partial charge in [0.25, 0.3) is 11.8 Å². The monoisotopic (exact) mass is 562 g/mol. The second-order valence-electron chi connectivity index (χ2n) is 10.1. The van der Waals surface area contributed by atoms with E-state index in [1.807, 2.05) is 17.5 Å². The highest BCUT2D eigenvalue weighted by Gasteiger charge is 2.75. The average Bonchev–Trinajstić information content (AvgIpc) is 3.50. The molecule has 3 fully saturated rings. The van der Waals surface area contributed by atoms with E-state index >= 15 is 0 Å². The van der Waals surface area contributed by atoms with E-state index in [0.29, 0.717) is 5.57 Å². The van der Waals surface area contributed by atoms with Crippen LogP contribution in [0.4, 0.5) is 4.39 Å². The molecular weight excluding hydrogens is 542 g/mol. The molecule has 2 aliphatic heterocycles. The molecule has 4 aliphatic rings. The molecule has 2 aliphatic carbocycles. The number of imide groups is 2. The Bertz CT molecular complexity index is 1410. The second kappa shape index (κ2) is 8.12. The number of thiophene rings is 1. The molecule has 1 aromatic carbocycles. The lowest BCUT2D eigenvalue weighted by Gasteiger charge is -2.50.